The van der Waals surface area contributed by atoms with Gasteiger partial charge in [0.15, 0.2) is 17.5 Å². The molecule has 5 nitrogen and oxygen atoms in total. The molecule has 5 heteroatoms. The van der Waals surface area contributed by atoms with E-state index in [0.717, 1.165) is 34.5 Å². The Morgan fingerprint density at radius 3 is 1.35 bits per heavy atom. The maximum atomic E-state index is 5.01. The second-order valence-corrected chi connectivity index (χ2v) is 14.9. The van der Waals surface area contributed by atoms with Crippen molar-refractivity contribution in [2.24, 2.45) is 0 Å². The van der Waals surface area contributed by atoms with E-state index in [1.54, 1.807) is 0 Å². The second kappa shape index (κ2) is 12.4. The van der Waals surface area contributed by atoms with Crippen molar-refractivity contribution >= 4 is 43.6 Å². The zero-order valence-electron chi connectivity index (χ0n) is 30.8. The fraction of sp³-hybridized carbons (Fsp3) is 0.0192. The van der Waals surface area contributed by atoms with E-state index in [1.165, 1.54) is 65.9 Å². The Balaban J connectivity index is 0.980. The van der Waals surface area contributed by atoms with Crippen LogP contribution in [0.4, 0.5) is 0 Å². The summed E-state index contributed by atoms with van der Waals surface area (Å²) in [7, 11) is 0. The number of hydrogen-bond donors (Lipinski definition) is 0. The van der Waals surface area contributed by atoms with E-state index in [4.69, 9.17) is 15.0 Å². The first-order chi connectivity index (χ1) is 28.2. The van der Waals surface area contributed by atoms with E-state index in [9.17, 15) is 0 Å². The molecular formula is C52H33N5. The lowest BCUT2D eigenvalue weighted by Crippen LogP contribution is -2.00. The molecule has 1 aliphatic rings. The molecule has 0 amide bonds. The summed E-state index contributed by atoms with van der Waals surface area (Å²) in [5.41, 5.74) is 15.2. The molecule has 0 N–H and O–H groups in total. The van der Waals surface area contributed by atoms with Crippen LogP contribution in [0, 0.1) is 0 Å². The van der Waals surface area contributed by atoms with Gasteiger partial charge >= 0.3 is 0 Å². The molecule has 3 aromatic heterocycles. The first-order valence-corrected chi connectivity index (χ1v) is 19.4. The third kappa shape index (κ3) is 4.99. The molecule has 0 fully saturated rings. The summed E-state index contributed by atoms with van der Waals surface area (Å²) in [6.07, 6.45) is 0.834. The Kier molecular flexibility index (Phi) is 6.92. The molecule has 3 heterocycles. The summed E-state index contributed by atoms with van der Waals surface area (Å²) >= 11 is 0. The lowest BCUT2D eigenvalue weighted by Gasteiger charge is -2.11. The molecule has 0 unspecified atom stereocenters. The molecule has 1 aliphatic carbocycles. The highest BCUT2D eigenvalue weighted by Crippen LogP contribution is 2.43. The fourth-order valence-electron chi connectivity index (χ4n) is 8.98. The topological polar surface area (TPSA) is 48.5 Å². The Morgan fingerprint density at radius 2 is 0.772 bits per heavy atom. The maximum absolute atomic E-state index is 5.01. The number of aromatic nitrogens is 5. The van der Waals surface area contributed by atoms with Crippen LogP contribution < -0.4 is 0 Å². The molecule has 0 spiro atoms. The molecular weight excluding hydrogens is 695 g/mol. The van der Waals surface area contributed by atoms with Crippen LogP contribution in [0.1, 0.15) is 11.1 Å². The average Bonchev–Trinajstić information content (AvgIpc) is 3.93. The fourth-order valence-corrected chi connectivity index (χ4v) is 8.98. The predicted molar refractivity (Wildman–Crippen MR) is 233 cm³/mol. The van der Waals surface area contributed by atoms with Crippen LogP contribution in [-0.2, 0) is 6.42 Å². The predicted octanol–water partition coefficient (Wildman–Crippen LogP) is 12.6. The van der Waals surface area contributed by atoms with Gasteiger partial charge in [-0.15, -0.1) is 0 Å². The van der Waals surface area contributed by atoms with Gasteiger partial charge in [-0.2, -0.15) is 0 Å². The number of nitrogens with zero attached hydrogens (tertiary/aromatic N) is 5. The Morgan fingerprint density at radius 1 is 0.316 bits per heavy atom. The van der Waals surface area contributed by atoms with E-state index in [0.29, 0.717) is 17.5 Å². The first kappa shape index (κ1) is 31.7. The molecule has 0 saturated heterocycles. The van der Waals surface area contributed by atoms with Gasteiger partial charge in [-0.1, -0.05) is 133 Å². The van der Waals surface area contributed by atoms with Crippen LogP contribution in [0.25, 0.3) is 100 Å². The van der Waals surface area contributed by atoms with Gasteiger partial charge < -0.3 is 9.13 Å². The van der Waals surface area contributed by atoms with Gasteiger partial charge in [0.2, 0.25) is 0 Å². The van der Waals surface area contributed by atoms with Crippen molar-refractivity contribution in [3.63, 3.8) is 0 Å². The Bertz CT molecular complexity index is 3300. The van der Waals surface area contributed by atoms with Gasteiger partial charge in [0, 0.05) is 49.6 Å². The third-order valence-electron chi connectivity index (χ3n) is 11.6. The number of para-hydroxylation sites is 3. The van der Waals surface area contributed by atoms with E-state index >= 15 is 0 Å². The van der Waals surface area contributed by atoms with Crippen molar-refractivity contribution in [1.29, 1.82) is 0 Å². The third-order valence-corrected chi connectivity index (χ3v) is 11.6. The van der Waals surface area contributed by atoms with E-state index < -0.39 is 0 Å². The summed E-state index contributed by atoms with van der Waals surface area (Å²) < 4.78 is 4.85. The Labute approximate surface area is 328 Å². The summed E-state index contributed by atoms with van der Waals surface area (Å²) in [6, 6.07) is 67.0. The summed E-state index contributed by atoms with van der Waals surface area (Å²) in [5.74, 6) is 2.01. The Hall–Kier alpha value is -7.63. The van der Waals surface area contributed by atoms with Gasteiger partial charge in [-0.3, -0.25) is 0 Å². The first-order valence-electron chi connectivity index (χ1n) is 19.4. The van der Waals surface area contributed by atoms with Gasteiger partial charge in [0.05, 0.1) is 22.1 Å². The smallest absolute Gasteiger partial charge is 0.164 e. The van der Waals surface area contributed by atoms with Gasteiger partial charge in [0.25, 0.3) is 0 Å². The van der Waals surface area contributed by atoms with Crippen LogP contribution in [0.5, 0.6) is 0 Å². The molecule has 12 rings (SSSR count). The number of fused-ring (bicyclic) bond motifs is 9. The lowest BCUT2D eigenvalue weighted by molar-refractivity contribution is 1.07. The molecule has 266 valence electrons. The number of rotatable bonds is 5. The van der Waals surface area contributed by atoms with Crippen LogP contribution in [0.15, 0.2) is 188 Å². The minimum absolute atomic E-state index is 0.668. The summed E-state index contributed by atoms with van der Waals surface area (Å²) in [6.45, 7) is 0. The second-order valence-electron chi connectivity index (χ2n) is 14.9. The summed E-state index contributed by atoms with van der Waals surface area (Å²) in [4.78, 5) is 14.9. The van der Waals surface area contributed by atoms with Crippen molar-refractivity contribution in [1.82, 2.24) is 24.1 Å². The van der Waals surface area contributed by atoms with Crippen LogP contribution >= 0.6 is 0 Å². The molecule has 57 heavy (non-hydrogen) atoms. The largest absolute Gasteiger partial charge is 0.309 e. The minimum atomic E-state index is 0.668. The highest BCUT2D eigenvalue weighted by molar-refractivity contribution is 6.19. The standard InChI is InChI=1S/C52H33N5/c1-4-14-33(15-5-1)50-53-51(34-16-6-2-7-17-34)55-52(54-50)35-24-26-40-36(28-35)29-37-30-39(25-27-41(37)40)57-47-23-13-11-21-43(47)45-31-48-44(32-49(45)57)42-20-10-12-22-46(42)56(48)38-18-8-3-9-19-38/h1-28,30-32H,29H2. The monoisotopic (exact) mass is 727 g/mol. The zero-order valence-corrected chi connectivity index (χ0v) is 30.8. The SMILES string of the molecule is c1ccc(-c2nc(-c3ccccc3)nc(-c3ccc4c(c3)Cc3cc(-n5c6ccccc6c6cc7c(cc65)c5ccccc5n7-c5ccccc5)ccc3-4)n2)cc1. The van der Waals surface area contributed by atoms with Crippen molar-refractivity contribution < 1.29 is 0 Å². The molecule has 8 aromatic carbocycles. The van der Waals surface area contributed by atoms with Gasteiger partial charge in [0.1, 0.15) is 0 Å². The molecule has 0 saturated carbocycles. The van der Waals surface area contributed by atoms with Crippen molar-refractivity contribution in [2.75, 3.05) is 0 Å². The van der Waals surface area contributed by atoms with Crippen molar-refractivity contribution in [2.45, 2.75) is 6.42 Å². The molecule has 11 aromatic rings. The van der Waals surface area contributed by atoms with Gasteiger partial charge in [-0.25, -0.2) is 15.0 Å². The number of hydrogen-bond acceptors (Lipinski definition) is 3. The van der Waals surface area contributed by atoms with Crippen molar-refractivity contribution in [3.05, 3.63) is 199 Å². The number of benzene rings is 8. The lowest BCUT2D eigenvalue weighted by atomic mass is 10.0. The van der Waals surface area contributed by atoms with Crippen LogP contribution in [0.3, 0.4) is 0 Å². The molecule has 0 atom stereocenters. The summed E-state index contributed by atoms with van der Waals surface area (Å²) in [5, 5.41) is 4.99. The molecule has 0 bridgehead atoms. The van der Waals surface area contributed by atoms with Crippen molar-refractivity contribution in [3.8, 4) is 56.7 Å². The molecule has 0 aliphatic heterocycles. The van der Waals surface area contributed by atoms with E-state index in [2.05, 4.69) is 137 Å². The van der Waals surface area contributed by atoms with Crippen LogP contribution in [-0.4, -0.2) is 24.1 Å². The van der Waals surface area contributed by atoms with Gasteiger partial charge in [-0.05, 0) is 83.3 Å². The quantitative estimate of drug-likeness (QED) is 0.177. The zero-order chi connectivity index (χ0) is 37.5. The average molecular weight is 728 g/mol. The van der Waals surface area contributed by atoms with E-state index in [-0.39, 0.29) is 0 Å². The van der Waals surface area contributed by atoms with Crippen LogP contribution in [0.2, 0.25) is 0 Å². The molecule has 0 radical (unpaired) electrons. The highest BCUT2D eigenvalue weighted by atomic mass is 15.0. The maximum Gasteiger partial charge on any atom is 0.164 e. The highest BCUT2D eigenvalue weighted by Gasteiger charge is 2.23. The minimum Gasteiger partial charge on any atom is -0.309 e. The normalized spacial score (nSPS) is 12.1. The van der Waals surface area contributed by atoms with E-state index in [1.807, 2.05) is 60.7 Å².